The molecule has 37 heavy (non-hydrogen) atoms. The van der Waals surface area contributed by atoms with Gasteiger partial charge in [-0.1, -0.05) is 6.07 Å². The lowest BCUT2D eigenvalue weighted by molar-refractivity contribution is 0.166. The Morgan fingerprint density at radius 1 is 1.08 bits per heavy atom. The van der Waals surface area contributed by atoms with Gasteiger partial charge in [-0.2, -0.15) is 10.1 Å². The van der Waals surface area contributed by atoms with Gasteiger partial charge in [0, 0.05) is 43.6 Å². The number of hydrogen-bond acceptors (Lipinski definition) is 7. The number of fused-ring (bicyclic) bond motifs is 2. The lowest BCUT2D eigenvalue weighted by atomic mass is 10.1. The van der Waals surface area contributed by atoms with E-state index in [-0.39, 0.29) is 18.3 Å². The molecule has 1 aromatic carbocycles. The molecule has 0 N–H and O–H groups in total. The zero-order chi connectivity index (χ0) is 24.9. The maximum absolute atomic E-state index is 13.4. The number of hydrogen-bond donors (Lipinski definition) is 0. The molecule has 1 unspecified atom stereocenters. The zero-order valence-electron chi connectivity index (χ0n) is 20.6. The van der Waals surface area contributed by atoms with E-state index in [1.807, 2.05) is 48.3 Å². The molecule has 5 aromatic rings. The SMILES string of the molecule is Cn1cc(-c2ccc3nc(Cn4c(=O)n(C5CC5)c5ccncc54)nc(OCC4CCOC4)c3c2)cn1. The summed E-state index contributed by atoms with van der Waals surface area (Å²) in [6.07, 6.45) is 10.3. The number of rotatable bonds is 7. The third-order valence-corrected chi connectivity index (χ3v) is 7.20. The normalized spacial score (nSPS) is 17.7. The van der Waals surface area contributed by atoms with Crippen LogP contribution in [0.3, 0.4) is 0 Å². The third-order valence-electron chi connectivity index (χ3n) is 7.20. The van der Waals surface area contributed by atoms with E-state index in [9.17, 15) is 4.79 Å². The van der Waals surface area contributed by atoms with Crippen molar-refractivity contribution >= 4 is 21.9 Å². The van der Waals surface area contributed by atoms with Crippen LogP contribution in [-0.4, -0.2) is 53.7 Å². The van der Waals surface area contributed by atoms with Gasteiger partial charge in [0.2, 0.25) is 5.88 Å². The summed E-state index contributed by atoms with van der Waals surface area (Å²) in [5, 5.41) is 5.13. The molecule has 1 saturated carbocycles. The predicted molar refractivity (Wildman–Crippen MR) is 138 cm³/mol. The summed E-state index contributed by atoms with van der Waals surface area (Å²) in [6, 6.07) is 8.22. The van der Waals surface area contributed by atoms with Crippen LogP contribution in [0, 0.1) is 5.92 Å². The second kappa shape index (κ2) is 8.81. The van der Waals surface area contributed by atoms with Crippen LogP contribution < -0.4 is 10.4 Å². The zero-order valence-corrected chi connectivity index (χ0v) is 20.6. The second-order valence-corrected chi connectivity index (χ2v) is 9.95. The second-order valence-electron chi connectivity index (χ2n) is 9.95. The first kappa shape index (κ1) is 22.2. The number of aromatic nitrogens is 7. The van der Waals surface area contributed by atoms with E-state index in [2.05, 4.69) is 10.1 Å². The largest absolute Gasteiger partial charge is 0.477 e. The molecule has 0 bridgehead atoms. The Hall–Kier alpha value is -4.05. The first-order valence-electron chi connectivity index (χ1n) is 12.7. The molecule has 1 saturated heterocycles. The summed E-state index contributed by atoms with van der Waals surface area (Å²) in [5.74, 6) is 1.38. The molecule has 1 aliphatic heterocycles. The Labute approximate surface area is 212 Å². The van der Waals surface area contributed by atoms with Crippen molar-refractivity contribution in [2.75, 3.05) is 19.8 Å². The fourth-order valence-corrected chi connectivity index (χ4v) is 5.09. The smallest absolute Gasteiger partial charge is 0.329 e. The fraction of sp³-hybridized carbons (Fsp3) is 0.370. The molecule has 2 fully saturated rings. The Bertz CT molecular complexity index is 1670. The van der Waals surface area contributed by atoms with Gasteiger partial charge >= 0.3 is 5.69 Å². The Kier molecular flexibility index (Phi) is 5.28. The van der Waals surface area contributed by atoms with Gasteiger partial charge in [-0.3, -0.25) is 18.8 Å². The summed E-state index contributed by atoms with van der Waals surface area (Å²) in [4.78, 5) is 27.4. The summed E-state index contributed by atoms with van der Waals surface area (Å²) in [6.45, 7) is 2.22. The summed E-state index contributed by atoms with van der Waals surface area (Å²) in [7, 11) is 1.90. The van der Waals surface area contributed by atoms with E-state index in [4.69, 9.17) is 19.4 Å². The van der Waals surface area contributed by atoms with E-state index in [0.29, 0.717) is 30.8 Å². The van der Waals surface area contributed by atoms with Crippen LogP contribution in [0.4, 0.5) is 0 Å². The molecule has 10 heteroatoms. The molecule has 10 nitrogen and oxygen atoms in total. The average molecular weight is 498 g/mol. The van der Waals surface area contributed by atoms with Crippen LogP contribution >= 0.6 is 0 Å². The molecule has 188 valence electrons. The van der Waals surface area contributed by atoms with Crippen molar-refractivity contribution in [3.63, 3.8) is 0 Å². The number of benzene rings is 1. The van der Waals surface area contributed by atoms with Crippen molar-refractivity contribution in [2.45, 2.75) is 31.8 Å². The number of nitrogens with zero attached hydrogens (tertiary/aromatic N) is 7. The molecule has 4 aromatic heterocycles. The van der Waals surface area contributed by atoms with Crippen LogP contribution in [-0.2, 0) is 18.3 Å². The van der Waals surface area contributed by atoms with Crippen molar-refractivity contribution in [2.24, 2.45) is 13.0 Å². The Morgan fingerprint density at radius 2 is 2.00 bits per heavy atom. The molecular formula is C27H27N7O3. The molecule has 2 aliphatic rings. The minimum absolute atomic E-state index is 0.0494. The van der Waals surface area contributed by atoms with Crippen LogP contribution in [0.1, 0.15) is 31.1 Å². The lowest BCUT2D eigenvalue weighted by Crippen LogP contribution is -2.25. The predicted octanol–water partition coefficient (Wildman–Crippen LogP) is 3.34. The topological polar surface area (TPSA) is 102 Å². The minimum atomic E-state index is -0.0494. The quantitative estimate of drug-likeness (QED) is 0.340. The van der Waals surface area contributed by atoms with Gasteiger partial charge in [-0.25, -0.2) is 9.78 Å². The van der Waals surface area contributed by atoms with Crippen LogP contribution in [0.2, 0.25) is 0 Å². The highest BCUT2D eigenvalue weighted by Crippen LogP contribution is 2.36. The van der Waals surface area contributed by atoms with Crippen molar-refractivity contribution < 1.29 is 9.47 Å². The number of ether oxygens (including phenoxy) is 2. The first-order chi connectivity index (χ1) is 18.1. The van der Waals surface area contributed by atoms with Gasteiger partial charge < -0.3 is 9.47 Å². The summed E-state index contributed by atoms with van der Waals surface area (Å²) >= 11 is 0. The molecule has 0 radical (unpaired) electrons. The molecular weight excluding hydrogens is 470 g/mol. The van der Waals surface area contributed by atoms with Gasteiger partial charge in [0.25, 0.3) is 0 Å². The summed E-state index contributed by atoms with van der Waals surface area (Å²) in [5.41, 5.74) is 4.44. The lowest BCUT2D eigenvalue weighted by Gasteiger charge is -2.14. The van der Waals surface area contributed by atoms with Crippen molar-refractivity contribution in [3.8, 4) is 17.0 Å². The Balaban J connectivity index is 1.31. The van der Waals surface area contributed by atoms with Gasteiger partial charge in [0.05, 0.1) is 54.1 Å². The maximum Gasteiger partial charge on any atom is 0.329 e. The highest BCUT2D eigenvalue weighted by atomic mass is 16.5. The molecule has 5 heterocycles. The highest BCUT2D eigenvalue weighted by molar-refractivity contribution is 5.88. The van der Waals surface area contributed by atoms with Gasteiger partial charge in [-0.05, 0) is 43.0 Å². The average Bonchev–Trinajstić information content (AvgIpc) is 3.30. The Morgan fingerprint density at radius 3 is 2.78 bits per heavy atom. The third kappa shape index (κ3) is 4.07. The van der Waals surface area contributed by atoms with Crippen molar-refractivity contribution in [1.82, 2.24) is 33.9 Å². The van der Waals surface area contributed by atoms with Crippen LogP contribution in [0.5, 0.6) is 5.88 Å². The molecule has 0 amide bonds. The van der Waals surface area contributed by atoms with Gasteiger partial charge in [0.1, 0.15) is 0 Å². The summed E-state index contributed by atoms with van der Waals surface area (Å²) < 4.78 is 17.2. The first-order valence-corrected chi connectivity index (χ1v) is 12.7. The van der Waals surface area contributed by atoms with E-state index >= 15 is 0 Å². The minimum Gasteiger partial charge on any atom is -0.477 e. The van der Waals surface area contributed by atoms with Crippen LogP contribution in [0.15, 0.2) is 53.8 Å². The van der Waals surface area contributed by atoms with Gasteiger partial charge in [0.15, 0.2) is 5.82 Å². The van der Waals surface area contributed by atoms with E-state index < -0.39 is 0 Å². The van der Waals surface area contributed by atoms with E-state index in [0.717, 1.165) is 58.9 Å². The monoisotopic (exact) mass is 497 g/mol. The number of imidazole rings is 1. The number of aryl methyl sites for hydroxylation is 1. The molecule has 7 rings (SSSR count). The van der Waals surface area contributed by atoms with E-state index in [1.165, 1.54) is 0 Å². The van der Waals surface area contributed by atoms with Crippen molar-refractivity contribution in [3.05, 3.63) is 65.4 Å². The standard InChI is InChI=1S/C27H27N7O3/c1-32-13-19(11-29-32)18-2-5-22-21(10-18)26(37-16-17-7-9-36-15-17)31-25(30-22)14-33-24-12-28-8-6-23(24)34(27(33)35)20-3-4-20/h2,5-6,8,10-13,17,20H,3-4,7,9,14-16H2,1H3. The fourth-order valence-electron chi connectivity index (χ4n) is 5.09. The molecule has 1 aliphatic carbocycles. The highest BCUT2D eigenvalue weighted by Gasteiger charge is 2.29. The van der Waals surface area contributed by atoms with Crippen LogP contribution in [0.25, 0.3) is 33.1 Å². The van der Waals surface area contributed by atoms with Crippen molar-refractivity contribution in [1.29, 1.82) is 0 Å². The molecule has 0 spiro atoms. The van der Waals surface area contributed by atoms with E-state index in [1.54, 1.807) is 21.6 Å². The molecule has 1 atom stereocenters. The maximum atomic E-state index is 13.4. The number of pyridine rings is 1. The van der Waals surface area contributed by atoms with Gasteiger partial charge in [-0.15, -0.1) is 0 Å².